The summed E-state index contributed by atoms with van der Waals surface area (Å²) in [7, 11) is 3.79. The van der Waals surface area contributed by atoms with Gasteiger partial charge in [-0.2, -0.15) is 10.2 Å². The second-order valence-electron chi connectivity index (χ2n) is 3.87. The summed E-state index contributed by atoms with van der Waals surface area (Å²) in [5.74, 6) is 0. The smallest absolute Gasteiger partial charge is 0.189 e. The Morgan fingerprint density at radius 2 is 1.53 bits per heavy atom. The van der Waals surface area contributed by atoms with Crippen LogP contribution in [0.3, 0.4) is 0 Å². The summed E-state index contributed by atoms with van der Waals surface area (Å²) in [6.07, 6.45) is 1.58. The number of hydrogen-bond acceptors (Lipinski definition) is 4. The Hall–Kier alpha value is -1.28. The standard InChI is InChI=1S/C11H22N6S2/c1-6-16(4)10(18)14-12-8-9(3)13-15-11(19)17(5)7-2/h8H,6-7H2,1-5H3,(H,14,18)(H,15,19)/b12-8+,13-9+. The first-order valence-electron chi connectivity index (χ1n) is 6.01. The normalized spacial score (nSPS) is 11.3. The van der Waals surface area contributed by atoms with Gasteiger partial charge in [-0.25, -0.2) is 0 Å². The van der Waals surface area contributed by atoms with Crippen molar-refractivity contribution < 1.29 is 0 Å². The molecule has 0 aromatic rings. The lowest BCUT2D eigenvalue weighted by Gasteiger charge is -2.16. The highest BCUT2D eigenvalue weighted by Gasteiger charge is 1.99. The number of nitrogens with zero attached hydrogens (tertiary/aromatic N) is 4. The van der Waals surface area contributed by atoms with Crippen LogP contribution in [0, 0.1) is 0 Å². The Morgan fingerprint density at radius 1 is 1.05 bits per heavy atom. The zero-order chi connectivity index (χ0) is 14.8. The van der Waals surface area contributed by atoms with Crippen molar-refractivity contribution in [3.63, 3.8) is 0 Å². The number of rotatable bonds is 5. The van der Waals surface area contributed by atoms with E-state index in [1.165, 1.54) is 0 Å². The fraction of sp³-hybridized carbons (Fsp3) is 0.636. The summed E-state index contributed by atoms with van der Waals surface area (Å²) < 4.78 is 0. The molecule has 0 aromatic heterocycles. The predicted molar refractivity (Wildman–Crippen MR) is 89.7 cm³/mol. The van der Waals surface area contributed by atoms with E-state index in [4.69, 9.17) is 24.4 Å². The van der Waals surface area contributed by atoms with Crippen molar-refractivity contribution in [2.45, 2.75) is 20.8 Å². The van der Waals surface area contributed by atoms with Crippen LogP contribution in [0.2, 0.25) is 0 Å². The lowest BCUT2D eigenvalue weighted by Crippen LogP contribution is -2.35. The van der Waals surface area contributed by atoms with Crippen LogP contribution < -0.4 is 10.9 Å². The molecule has 0 bridgehead atoms. The molecular weight excluding hydrogens is 280 g/mol. The monoisotopic (exact) mass is 302 g/mol. The van der Waals surface area contributed by atoms with Crippen molar-refractivity contribution in [2.75, 3.05) is 27.2 Å². The van der Waals surface area contributed by atoms with E-state index in [1.54, 1.807) is 6.21 Å². The van der Waals surface area contributed by atoms with Gasteiger partial charge in [-0.05, 0) is 45.2 Å². The molecule has 0 saturated carbocycles. The van der Waals surface area contributed by atoms with Gasteiger partial charge in [0.2, 0.25) is 0 Å². The summed E-state index contributed by atoms with van der Waals surface area (Å²) in [4.78, 5) is 3.76. The third-order valence-electron chi connectivity index (χ3n) is 2.38. The van der Waals surface area contributed by atoms with E-state index in [-0.39, 0.29) is 0 Å². The molecule has 0 unspecified atom stereocenters. The second kappa shape index (κ2) is 9.62. The van der Waals surface area contributed by atoms with Gasteiger partial charge in [0, 0.05) is 27.2 Å². The number of nitrogens with one attached hydrogen (secondary N) is 2. The van der Waals surface area contributed by atoms with Crippen LogP contribution in [-0.2, 0) is 0 Å². The molecule has 0 atom stereocenters. The van der Waals surface area contributed by atoms with E-state index in [9.17, 15) is 0 Å². The molecule has 0 amide bonds. The third kappa shape index (κ3) is 7.68. The fourth-order valence-corrected chi connectivity index (χ4v) is 1.16. The van der Waals surface area contributed by atoms with Gasteiger partial charge in [-0.15, -0.1) is 0 Å². The van der Waals surface area contributed by atoms with Gasteiger partial charge in [0.05, 0.1) is 11.9 Å². The summed E-state index contributed by atoms with van der Waals surface area (Å²) in [6, 6.07) is 0. The zero-order valence-electron chi connectivity index (χ0n) is 12.1. The highest BCUT2D eigenvalue weighted by molar-refractivity contribution is 7.80. The molecule has 0 aliphatic rings. The second-order valence-corrected chi connectivity index (χ2v) is 4.65. The lowest BCUT2D eigenvalue weighted by molar-refractivity contribution is 0.524. The summed E-state index contributed by atoms with van der Waals surface area (Å²) in [5.41, 5.74) is 6.24. The molecule has 19 heavy (non-hydrogen) atoms. The fourth-order valence-electron chi connectivity index (χ4n) is 0.804. The van der Waals surface area contributed by atoms with Crippen LogP contribution >= 0.6 is 24.4 Å². The largest absolute Gasteiger partial charge is 0.351 e. The van der Waals surface area contributed by atoms with Gasteiger partial charge >= 0.3 is 0 Å². The maximum absolute atomic E-state index is 5.12. The van der Waals surface area contributed by atoms with Crippen molar-refractivity contribution in [2.24, 2.45) is 10.2 Å². The molecule has 6 nitrogen and oxygen atoms in total. The number of hydrogen-bond donors (Lipinski definition) is 2. The van der Waals surface area contributed by atoms with E-state index in [0.717, 1.165) is 13.1 Å². The first kappa shape index (κ1) is 17.7. The van der Waals surface area contributed by atoms with Gasteiger partial charge in [-0.3, -0.25) is 10.9 Å². The summed E-state index contributed by atoms with van der Waals surface area (Å²) in [5, 5.41) is 9.23. The molecule has 0 aromatic carbocycles. The van der Waals surface area contributed by atoms with Crippen LogP contribution in [0.5, 0.6) is 0 Å². The molecule has 2 N–H and O–H groups in total. The van der Waals surface area contributed by atoms with E-state index in [1.807, 2.05) is 44.7 Å². The average Bonchev–Trinajstić information content (AvgIpc) is 2.42. The van der Waals surface area contributed by atoms with Crippen LogP contribution in [0.15, 0.2) is 10.2 Å². The first-order chi connectivity index (χ1) is 8.92. The molecular formula is C11H22N6S2. The van der Waals surface area contributed by atoms with Gasteiger partial charge in [0.15, 0.2) is 10.2 Å². The molecule has 0 rings (SSSR count). The minimum absolute atomic E-state index is 0.570. The van der Waals surface area contributed by atoms with E-state index >= 15 is 0 Å². The van der Waals surface area contributed by atoms with Crippen molar-refractivity contribution >= 4 is 46.6 Å². The van der Waals surface area contributed by atoms with Crippen molar-refractivity contribution in [3.05, 3.63) is 0 Å². The highest BCUT2D eigenvalue weighted by Crippen LogP contribution is 1.85. The molecule has 0 spiro atoms. The average molecular weight is 302 g/mol. The van der Waals surface area contributed by atoms with Crippen LogP contribution in [-0.4, -0.2) is 59.1 Å². The Bertz CT molecular complexity index is 366. The molecule has 0 heterocycles. The topological polar surface area (TPSA) is 55.3 Å². The van der Waals surface area contributed by atoms with Crippen LogP contribution in [0.25, 0.3) is 0 Å². The molecule has 0 aliphatic carbocycles. The lowest BCUT2D eigenvalue weighted by atomic mass is 10.5. The zero-order valence-corrected chi connectivity index (χ0v) is 13.7. The van der Waals surface area contributed by atoms with Gasteiger partial charge in [0.25, 0.3) is 0 Å². The quantitative estimate of drug-likeness (QED) is 0.449. The molecule has 0 aliphatic heterocycles. The van der Waals surface area contributed by atoms with Crippen LogP contribution in [0.1, 0.15) is 20.8 Å². The highest BCUT2D eigenvalue weighted by atomic mass is 32.1. The Balaban J connectivity index is 4.19. The Morgan fingerprint density at radius 3 is 2.00 bits per heavy atom. The molecule has 0 radical (unpaired) electrons. The van der Waals surface area contributed by atoms with Crippen molar-refractivity contribution in [1.82, 2.24) is 20.7 Å². The van der Waals surface area contributed by atoms with Crippen molar-refractivity contribution in [3.8, 4) is 0 Å². The molecule has 0 fully saturated rings. The summed E-state index contributed by atoms with van der Waals surface area (Å²) in [6.45, 7) is 7.50. The van der Waals surface area contributed by atoms with Gasteiger partial charge < -0.3 is 9.80 Å². The van der Waals surface area contributed by atoms with E-state index in [2.05, 4.69) is 21.1 Å². The Kier molecular flexibility index (Phi) is 8.98. The predicted octanol–water partition coefficient (Wildman–Crippen LogP) is 1.00. The third-order valence-corrected chi connectivity index (χ3v) is 3.19. The van der Waals surface area contributed by atoms with Gasteiger partial charge in [-0.1, -0.05) is 0 Å². The maximum atomic E-state index is 5.12. The van der Waals surface area contributed by atoms with E-state index < -0.39 is 0 Å². The Labute approximate surface area is 125 Å². The molecule has 8 heteroatoms. The minimum Gasteiger partial charge on any atom is -0.351 e. The first-order valence-corrected chi connectivity index (χ1v) is 6.83. The number of hydrazone groups is 2. The summed E-state index contributed by atoms with van der Waals surface area (Å²) >= 11 is 10.2. The minimum atomic E-state index is 0.570. The SMILES string of the molecule is CCN(C)C(=S)N/N=C/C(C)=N/NC(=S)N(C)CC. The van der Waals surface area contributed by atoms with Crippen molar-refractivity contribution in [1.29, 1.82) is 0 Å². The maximum Gasteiger partial charge on any atom is 0.189 e. The molecule has 108 valence electrons. The number of thiocarbonyl (C=S) groups is 2. The molecule has 0 saturated heterocycles. The van der Waals surface area contributed by atoms with Gasteiger partial charge in [0.1, 0.15) is 0 Å². The van der Waals surface area contributed by atoms with Crippen LogP contribution in [0.4, 0.5) is 0 Å². The van der Waals surface area contributed by atoms with E-state index in [0.29, 0.717) is 15.9 Å².